The fourth-order valence-electron chi connectivity index (χ4n) is 1.65. The highest BCUT2D eigenvalue weighted by molar-refractivity contribution is 6.30. The zero-order valence-corrected chi connectivity index (χ0v) is 12.8. The summed E-state index contributed by atoms with van der Waals surface area (Å²) in [5.41, 5.74) is 0.605. The highest BCUT2D eigenvalue weighted by atomic mass is 35.5. The van der Waals surface area contributed by atoms with Gasteiger partial charge in [0.05, 0.1) is 13.5 Å². The summed E-state index contributed by atoms with van der Waals surface area (Å²) < 4.78 is 10.2. The van der Waals surface area contributed by atoms with Gasteiger partial charge >= 0.3 is 5.97 Å². The fourth-order valence-corrected chi connectivity index (χ4v) is 1.84. The molecule has 0 radical (unpaired) electrons. The minimum Gasteiger partial charge on any atom is -0.496 e. The van der Waals surface area contributed by atoms with Gasteiger partial charge in [-0.25, -0.2) is 0 Å². The molecule has 0 saturated carbocycles. The molecule has 1 aromatic carbocycles. The molecule has 1 amide bonds. The Labute approximate surface area is 128 Å². The lowest BCUT2D eigenvalue weighted by atomic mass is 10.1. The number of hydrogen-bond acceptors (Lipinski definition) is 4. The third-order valence-corrected chi connectivity index (χ3v) is 2.91. The molecule has 0 aliphatic heterocycles. The van der Waals surface area contributed by atoms with Gasteiger partial charge in [-0.3, -0.25) is 9.59 Å². The summed E-state index contributed by atoms with van der Waals surface area (Å²) in [4.78, 5) is 23.4. The first kappa shape index (κ1) is 17.0. The Bertz CT molecular complexity index is 530. The predicted octanol–water partition coefficient (Wildman–Crippen LogP) is 2.12. The number of halogens is 1. The topological polar surface area (TPSA) is 64.6 Å². The molecule has 0 fully saturated rings. The van der Waals surface area contributed by atoms with E-state index in [2.05, 4.69) is 11.9 Å². The van der Waals surface area contributed by atoms with Crippen LogP contribution < -0.4 is 10.1 Å². The lowest BCUT2D eigenvalue weighted by Crippen LogP contribution is -2.36. The molecule has 0 aromatic heterocycles. The summed E-state index contributed by atoms with van der Waals surface area (Å²) in [5, 5.41) is 3.05. The Morgan fingerprint density at radius 3 is 2.81 bits per heavy atom. The summed E-state index contributed by atoms with van der Waals surface area (Å²) >= 11 is 5.89. The number of methoxy groups -OCH3 is 1. The molecule has 0 heterocycles. The number of ether oxygens (including phenoxy) is 2. The van der Waals surface area contributed by atoms with E-state index in [9.17, 15) is 9.59 Å². The van der Waals surface area contributed by atoms with Gasteiger partial charge < -0.3 is 14.8 Å². The largest absolute Gasteiger partial charge is 0.496 e. The molecule has 1 atom stereocenters. The summed E-state index contributed by atoms with van der Waals surface area (Å²) in [6, 6.07) is 4.97. The van der Waals surface area contributed by atoms with Crippen LogP contribution in [0.1, 0.15) is 12.5 Å². The van der Waals surface area contributed by atoms with Crippen molar-refractivity contribution < 1.29 is 19.1 Å². The normalized spacial score (nSPS) is 11.4. The lowest BCUT2D eigenvalue weighted by molar-refractivity contribution is -0.154. The van der Waals surface area contributed by atoms with E-state index in [4.69, 9.17) is 21.1 Å². The van der Waals surface area contributed by atoms with Crippen LogP contribution in [0.5, 0.6) is 5.75 Å². The van der Waals surface area contributed by atoms with Gasteiger partial charge in [0.15, 0.2) is 6.10 Å². The molecule has 1 N–H and O–H groups in total. The number of hydrogen-bond donors (Lipinski definition) is 1. The van der Waals surface area contributed by atoms with E-state index in [1.54, 1.807) is 24.3 Å². The van der Waals surface area contributed by atoms with Gasteiger partial charge in [0, 0.05) is 17.1 Å². The number of esters is 1. The summed E-state index contributed by atoms with van der Waals surface area (Å²) in [7, 11) is 1.50. The number of carbonyl (C=O) groups excluding carboxylic acids is 2. The highest BCUT2D eigenvalue weighted by Crippen LogP contribution is 2.23. The molecule has 0 aliphatic carbocycles. The molecule has 5 nitrogen and oxygen atoms in total. The minimum absolute atomic E-state index is 0.0250. The van der Waals surface area contributed by atoms with Gasteiger partial charge in [-0.1, -0.05) is 17.7 Å². The van der Waals surface area contributed by atoms with E-state index in [0.29, 0.717) is 22.9 Å². The predicted molar refractivity (Wildman–Crippen MR) is 80.5 cm³/mol. The molecule has 1 aromatic rings. The van der Waals surface area contributed by atoms with Crippen molar-refractivity contribution in [3.05, 3.63) is 41.4 Å². The van der Waals surface area contributed by atoms with E-state index in [1.807, 2.05) is 0 Å². The molecular formula is C15H18ClNO4. The Morgan fingerprint density at radius 1 is 1.48 bits per heavy atom. The molecule has 0 aliphatic rings. The van der Waals surface area contributed by atoms with Gasteiger partial charge in [0.25, 0.3) is 5.91 Å². The van der Waals surface area contributed by atoms with Crippen LogP contribution in [0.2, 0.25) is 5.02 Å². The highest BCUT2D eigenvalue weighted by Gasteiger charge is 2.18. The fraction of sp³-hybridized carbons (Fsp3) is 0.333. The zero-order chi connectivity index (χ0) is 15.8. The quantitative estimate of drug-likeness (QED) is 0.619. The maximum absolute atomic E-state index is 11.9. The van der Waals surface area contributed by atoms with Gasteiger partial charge in [-0.2, -0.15) is 0 Å². The average molecular weight is 312 g/mol. The van der Waals surface area contributed by atoms with Crippen molar-refractivity contribution in [1.82, 2.24) is 5.32 Å². The van der Waals surface area contributed by atoms with Crippen LogP contribution in [0.15, 0.2) is 30.9 Å². The Balaban J connectivity index is 2.63. The van der Waals surface area contributed by atoms with Crippen molar-refractivity contribution in [1.29, 1.82) is 0 Å². The van der Waals surface area contributed by atoms with Crippen LogP contribution in [0.3, 0.4) is 0 Å². The van der Waals surface area contributed by atoms with E-state index in [0.717, 1.165) is 0 Å². The van der Waals surface area contributed by atoms with Crippen LogP contribution >= 0.6 is 11.6 Å². The summed E-state index contributed by atoms with van der Waals surface area (Å²) in [6.45, 7) is 5.31. The second-order valence-corrected chi connectivity index (χ2v) is 4.74. The maximum Gasteiger partial charge on any atom is 0.311 e. The van der Waals surface area contributed by atoms with Crippen LogP contribution in [0.4, 0.5) is 0 Å². The van der Waals surface area contributed by atoms with Crippen LogP contribution in [0.25, 0.3) is 0 Å². The molecule has 0 saturated heterocycles. The van der Waals surface area contributed by atoms with Crippen molar-refractivity contribution in [2.45, 2.75) is 19.4 Å². The molecule has 6 heteroatoms. The number of rotatable bonds is 7. The molecule has 0 unspecified atom stereocenters. The van der Waals surface area contributed by atoms with E-state index in [-0.39, 0.29) is 12.3 Å². The lowest BCUT2D eigenvalue weighted by Gasteiger charge is -2.14. The number of amides is 1. The standard InChI is InChI=1S/C15H18ClNO4/c1-4-7-17-15(19)10(2)21-14(18)9-11-8-12(16)5-6-13(11)20-3/h4-6,8,10H,1,7,9H2,2-3H3,(H,17,19)/t10-/m1/s1. The monoisotopic (exact) mass is 311 g/mol. The Morgan fingerprint density at radius 2 is 2.19 bits per heavy atom. The number of carbonyl (C=O) groups is 2. The summed E-state index contributed by atoms with van der Waals surface area (Å²) in [5.74, 6) is -0.363. The first-order valence-electron chi connectivity index (χ1n) is 6.38. The smallest absolute Gasteiger partial charge is 0.311 e. The third-order valence-electron chi connectivity index (χ3n) is 2.68. The van der Waals surface area contributed by atoms with Crippen molar-refractivity contribution >= 4 is 23.5 Å². The SMILES string of the molecule is C=CCNC(=O)[C@@H](C)OC(=O)Cc1cc(Cl)ccc1OC. The molecule has 0 spiro atoms. The van der Waals surface area contributed by atoms with Crippen LogP contribution in [-0.2, 0) is 20.7 Å². The average Bonchev–Trinajstić information content (AvgIpc) is 2.44. The third kappa shape index (κ3) is 5.47. The van der Waals surface area contributed by atoms with Crippen molar-refractivity contribution in [3.63, 3.8) is 0 Å². The van der Waals surface area contributed by atoms with E-state index in [1.165, 1.54) is 14.0 Å². The number of nitrogens with one attached hydrogen (secondary N) is 1. The zero-order valence-electron chi connectivity index (χ0n) is 12.0. The first-order valence-corrected chi connectivity index (χ1v) is 6.76. The van der Waals surface area contributed by atoms with Gasteiger partial charge in [-0.15, -0.1) is 6.58 Å². The van der Waals surface area contributed by atoms with Crippen molar-refractivity contribution in [3.8, 4) is 5.75 Å². The van der Waals surface area contributed by atoms with E-state index < -0.39 is 12.1 Å². The molecule has 1 rings (SSSR count). The summed E-state index contributed by atoms with van der Waals surface area (Å²) in [6.07, 6.45) is 0.647. The Hall–Kier alpha value is -2.01. The first-order chi connectivity index (χ1) is 9.97. The van der Waals surface area contributed by atoms with E-state index >= 15 is 0 Å². The minimum atomic E-state index is -0.873. The second kappa shape index (κ2) is 8.32. The molecular weight excluding hydrogens is 294 g/mol. The molecule has 114 valence electrons. The van der Waals surface area contributed by atoms with Gasteiger partial charge in [0.1, 0.15) is 5.75 Å². The maximum atomic E-state index is 11.9. The molecule has 21 heavy (non-hydrogen) atoms. The van der Waals surface area contributed by atoms with Crippen LogP contribution in [0, 0.1) is 0 Å². The van der Waals surface area contributed by atoms with Crippen LogP contribution in [-0.4, -0.2) is 31.6 Å². The van der Waals surface area contributed by atoms with Gasteiger partial charge in [0.2, 0.25) is 0 Å². The Kier molecular flexibility index (Phi) is 6.75. The van der Waals surface area contributed by atoms with Crippen molar-refractivity contribution in [2.24, 2.45) is 0 Å². The molecule has 0 bridgehead atoms. The number of benzene rings is 1. The van der Waals surface area contributed by atoms with Gasteiger partial charge in [-0.05, 0) is 25.1 Å². The van der Waals surface area contributed by atoms with Crippen molar-refractivity contribution in [2.75, 3.05) is 13.7 Å². The second-order valence-electron chi connectivity index (χ2n) is 4.30.